The van der Waals surface area contributed by atoms with Crippen LogP contribution in [-0.2, 0) is 0 Å². The molecule has 0 atom stereocenters. The molecule has 2 rings (SSSR count). The van der Waals surface area contributed by atoms with Gasteiger partial charge in [-0.3, -0.25) is 0 Å². The molecule has 0 saturated carbocycles. The molecule has 1 heterocycles. The van der Waals surface area contributed by atoms with Gasteiger partial charge in [0.15, 0.2) is 0 Å². The third kappa shape index (κ3) is 1.21. The number of phenols is 1. The van der Waals surface area contributed by atoms with Crippen LogP contribution in [0.25, 0.3) is 10.1 Å². The molecule has 1 nitrogen and oxygen atoms in total. The van der Waals surface area contributed by atoms with Crippen LogP contribution in [-0.4, -0.2) is 5.11 Å². The number of benzene rings is 1. The highest BCUT2D eigenvalue weighted by molar-refractivity contribution is 14.1. The number of phenolic OH excluding ortho intramolecular Hbond substituents is 1. The van der Waals surface area contributed by atoms with Gasteiger partial charge in [0.1, 0.15) is 5.75 Å². The second-order valence-corrected chi connectivity index (χ2v) is 4.76. The monoisotopic (exact) mass is 290 g/mol. The number of hydrogen-bond acceptors (Lipinski definition) is 2. The molecule has 0 unspecified atom stereocenters. The Labute approximate surface area is 88.2 Å². The molecule has 1 aromatic heterocycles. The molecule has 1 N–H and O–H groups in total. The van der Waals surface area contributed by atoms with Crippen LogP contribution >= 0.6 is 33.9 Å². The van der Waals surface area contributed by atoms with Crippen LogP contribution in [0, 0.1) is 10.5 Å². The largest absolute Gasteiger partial charge is 0.508 e. The minimum atomic E-state index is 0.355. The molecule has 2 aromatic rings. The Kier molecular flexibility index (Phi) is 2.00. The third-order valence-corrected chi connectivity index (χ3v) is 4.17. The van der Waals surface area contributed by atoms with Crippen LogP contribution in [0.2, 0.25) is 0 Å². The molecule has 1 aromatic carbocycles. The molecular weight excluding hydrogens is 283 g/mol. The Morgan fingerprint density at radius 3 is 2.92 bits per heavy atom. The lowest BCUT2D eigenvalue weighted by atomic mass is 10.2. The number of hydrogen-bond donors (Lipinski definition) is 1. The van der Waals surface area contributed by atoms with Crippen molar-refractivity contribution in [1.29, 1.82) is 0 Å². The van der Waals surface area contributed by atoms with Gasteiger partial charge in [-0.1, -0.05) is 0 Å². The van der Waals surface area contributed by atoms with E-state index in [1.54, 1.807) is 17.4 Å². The first kappa shape index (κ1) is 8.31. The Morgan fingerprint density at radius 1 is 1.42 bits per heavy atom. The summed E-state index contributed by atoms with van der Waals surface area (Å²) in [6.07, 6.45) is 0. The average Bonchev–Trinajstić information content (AvgIpc) is 2.33. The Hall–Kier alpha value is -0.290. The zero-order chi connectivity index (χ0) is 8.72. The second-order valence-electron chi connectivity index (χ2n) is 2.72. The molecule has 3 heteroatoms. The number of thiophene rings is 1. The number of halogens is 1. The van der Waals surface area contributed by atoms with Crippen molar-refractivity contribution in [3.8, 4) is 5.75 Å². The van der Waals surface area contributed by atoms with Crippen molar-refractivity contribution in [2.75, 3.05) is 0 Å². The van der Waals surface area contributed by atoms with Crippen molar-refractivity contribution in [1.82, 2.24) is 0 Å². The zero-order valence-corrected chi connectivity index (χ0v) is 9.44. The maximum absolute atomic E-state index is 9.35. The number of rotatable bonds is 0. The van der Waals surface area contributed by atoms with Crippen LogP contribution in [0.4, 0.5) is 0 Å². The normalized spacial score (nSPS) is 10.8. The van der Waals surface area contributed by atoms with E-state index in [1.165, 1.54) is 15.6 Å². The summed E-state index contributed by atoms with van der Waals surface area (Å²) in [5, 5.41) is 12.6. The maximum atomic E-state index is 9.35. The highest BCUT2D eigenvalue weighted by Gasteiger charge is 2.04. The molecule has 12 heavy (non-hydrogen) atoms. The van der Waals surface area contributed by atoms with E-state index >= 15 is 0 Å². The topological polar surface area (TPSA) is 20.2 Å². The van der Waals surface area contributed by atoms with Gasteiger partial charge >= 0.3 is 0 Å². The number of aryl methyl sites for hydroxylation is 1. The van der Waals surface area contributed by atoms with Crippen molar-refractivity contribution in [3.05, 3.63) is 26.6 Å². The fraction of sp³-hybridized carbons (Fsp3) is 0.111. The quantitative estimate of drug-likeness (QED) is 0.736. The molecule has 0 spiro atoms. The van der Waals surface area contributed by atoms with E-state index in [-0.39, 0.29) is 0 Å². The van der Waals surface area contributed by atoms with Gasteiger partial charge in [0, 0.05) is 13.7 Å². The molecule has 0 bridgehead atoms. The summed E-state index contributed by atoms with van der Waals surface area (Å²) in [7, 11) is 0. The lowest BCUT2D eigenvalue weighted by molar-refractivity contribution is 0.476. The summed E-state index contributed by atoms with van der Waals surface area (Å²) in [5.41, 5.74) is 1.24. The summed E-state index contributed by atoms with van der Waals surface area (Å²) in [6.45, 7) is 2.06. The average molecular weight is 290 g/mol. The minimum Gasteiger partial charge on any atom is -0.508 e. The highest BCUT2D eigenvalue weighted by Crippen LogP contribution is 2.32. The standard InChI is InChI=1S/C9H7IOS/c1-5-4-12-9-7(5)2-6(11)3-8(9)10/h2-4,11H,1H3. The maximum Gasteiger partial charge on any atom is 0.117 e. The zero-order valence-electron chi connectivity index (χ0n) is 6.47. The van der Waals surface area contributed by atoms with Gasteiger partial charge in [-0.2, -0.15) is 0 Å². The number of fused-ring (bicyclic) bond motifs is 1. The van der Waals surface area contributed by atoms with Crippen LogP contribution < -0.4 is 0 Å². The van der Waals surface area contributed by atoms with E-state index < -0.39 is 0 Å². The van der Waals surface area contributed by atoms with Crippen molar-refractivity contribution >= 4 is 44.0 Å². The van der Waals surface area contributed by atoms with Gasteiger partial charge in [0.25, 0.3) is 0 Å². The SMILES string of the molecule is Cc1csc2c(I)cc(O)cc12. The molecule has 0 aliphatic heterocycles. The molecule has 0 saturated heterocycles. The van der Waals surface area contributed by atoms with E-state index in [0.29, 0.717) is 5.75 Å². The summed E-state index contributed by atoms with van der Waals surface area (Å²) in [5.74, 6) is 0.355. The first-order valence-corrected chi connectivity index (χ1v) is 5.50. The van der Waals surface area contributed by atoms with Gasteiger partial charge in [-0.25, -0.2) is 0 Å². The van der Waals surface area contributed by atoms with E-state index in [9.17, 15) is 5.11 Å². The first-order valence-electron chi connectivity index (χ1n) is 3.55. The number of aromatic hydroxyl groups is 1. The Balaban J connectivity index is 2.92. The van der Waals surface area contributed by atoms with E-state index in [2.05, 4.69) is 34.9 Å². The van der Waals surface area contributed by atoms with Crippen LogP contribution in [0.15, 0.2) is 17.5 Å². The molecular formula is C9H7IOS. The molecule has 0 amide bonds. The molecule has 0 radical (unpaired) electrons. The molecule has 0 aliphatic carbocycles. The van der Waals surface area contributed by atoms with E-state index in [1.807, 2.05) is 6.07 Å². The van der Waals surface area contributed by atoms with Crippen LogP contribution in [0.5, 0.6) is 5.75 Å². The molecule has 0 fully saturated rings. The van der Waals surface area contributed by atoms with Gasteiger partial charge in [0.05, 0.1) is 0 Å². The minimum absolute atomic E-state index is 0.355. The lowest BCUT2D eigenvalue weighted by Crippen LogP contribution is -1.73. The predicted octanol–water partition coefficient (Wildman–Crippen LogP) is 3.52. The van der Waals surface area contributed by atoms with Gasteiger partial charge in [-0.15, -0.1) is 11.3 Å². The summed E-state index contributed by atoms with van der Waals surface area (Å²) >= 11 is 3.98. The van der Waals surface area contributed by atoms with Crippen molar-refractivity contribution in [3.63, 3.8) is 0 Å². The van der Waals surface area contributed by atoms with Crippen molar-refractivity contribution in [2.45, 2.75) is 6.92 Å². The third-order valence-electron chi connectivity index (χ3n) is 1.81. The van der Waals surface area contributed by atoms with Crippen LogP contribution in [0.1, 0.15) is 5.56 Å². The second kappa shape index (κ2) is 2.88. The highest BCUT2D eigenvalue weighted by atomic mass is 127. The Bertz CT molecular complexity index is 433. The van der Waals surface area contributed by atoms with Crippen molar-refractivity contribution in [2.24, 2.45) is 0 Å². The molecule has 62 valence electrons. The van der Waals surface area contributed by atoms with E-state index in [0.717, 1.165) is 3.57 Å². The van der Waals surface area contributed by atoms with Gasteiger partial charge in [0.2, 0.25) is 0 Å². The van der Waals surface area contributed by atoms with Crippen LogP contribution in [0.3, 0.4) is 0 Å². The molecule has 0 aliphatic rings. The van der Waals surface area contributed by atoms with Crippen molar-refractivity contribution < 1.29 is 5.11 Å². The smallest absolute Gasteiger partial charge is 0.117 e. The summed E-state index contributed by atoms with van der Waals surface area (Å²) in [6, 6.07) is 3.61. The first-order chi connectivity index (χ1) is 5.68. The van der Waals surface area contributed by atoms with E-state index in [4.69, 9.17) is 0 Å². The lowest BCUT2D eigenvalue weighted by Gasteiger charge is -1.96. The summed E-state index contributed by atoms with van der Waals surface area (Å²) in [4.78, 5) is 0. The van der Waals surface area contributed by atoms with Gasteiger partial charge in [-0.05, 0) is 52.6 Å². The fourth-order valence-electron chi connectivity index (χ4n) is 1.20. The predicted molar refractivity (Wildman–Crippen MR) is 60.9 cm³/mol. The summed E-state index contributed by atoms with van der Waals surface area (Å²) < 4.78 is 2.40. The van der Waals surface area contributed by atoms with Gasteiger partial charge < -0.3 is 5.11 Å². The Morgan fingerprint density at radius 2 is 2.17 bits per heavy atom. The fourth-order valence-corrected chi connectivity index (χ4v) is 3.13.